The molecule has 1 atom stereocenters. The van der Waals surface area contributed by atoms with Gasteiger partial charge < -0.3 is 14.6 Å². The second kappa shape index (κ2) is 6.57. The Kier molecular flexibility index (Phi) is 4.14. The van der Waals surface area contributed by atoms with Gasteiger partial charge in [0.05, 0.1) is 6.61 Å². The lowest BCUT2D eigenvalue weighted by molar-refractivity contribution is 0.0877. The van der Waals surface area contributed by atoms with Gasteiger partial charge in [-0.2, -0.15) is 4.98 Å². The lowest BCUT2D eigenvalue weighted by atomic mass is 9.94. The molecule has 0 aliphatic heterocycles. The van der Waals surface area contributed by atoms with E-state index in [0.29, 0.717) is 47.6 Å². The zero-order valence-corrected chi connectivity index (χ0v) is 16.4. The van der Waals surface area contributed by atoms with Crippen molar-refractivity contribution in [3.63, 3.8) is 0 Å². The third kappa shape index (κ3) is 3.50. The number of amides is 1. The first kappa shape index (κ1) is 17.6. The molecule has 0 radical (unpaired) electrons. The Morgan fingerprint density at radius 2 is 2.00 bits per heavy atom. The van der Waals surface area contributed by atoms with E-state index in [4.69, 9.17) is 9.26 Å². The smallest absolute Gasteiger partial charge is 0.271 e. The largest absolute Gasteiger partial charge is 0.477 e. The molecular weight excluding hydrogens is 356 g/mol. The second-order valence-electron chi connectivity index (χ2n) is 8.68. The van der Waals surface area contributed by atoms with Crippen molar-refractivity contribution in [3.05, 3.63) is 35.1 Å². The highest BCUT2D eigenvalue weighted by atomic mass is 16.5. The summed E-state index contributed by atoms with van der Waals surface area (Å²) in [6.45, 7) is 4.43. The predicted molar refractivity (Wildman–Crippen MR) is 101 cm³/mol. The molecule has 0 saturated heterocycles. The molecule has 1 amide bonds. The van der Waals surface area contributed by atoms with Gasteiger partial charge in [-0.3, -0.25) is 4.79 Å². The van der Waals surface area contributed by atoms with Crippen LogP contribution in [-0.4, -0.2) is 27.6 Å². The average Bonchev–Trinajstić information content (AvgIpc) is 3.55. The summed E-state index contributed by atoms with van der Waals surface area (Å²) in [5.74, 6) is 2.76. The minimum Gasteiger partial charge on any atom is -0.477 e. The molecule has 2 aromatic rings. The maximum absolute atomic E-state index is 13.3. The highest BCUT2D eigenvalue weighted by molar-refractivity contribution is 5.94. The minimum atomic E-state index is -0.651. The number of aryl methyl sites for hydroxylation is 1. The quantitative estimate of drug-likeness (QED) is 0.751. The van der Waals surface area contributed by atoms with Crippen LogP contribution in [0.5, 0.6) is 5.88 Å². The van der Waals surface area contributed by atoms with E-state index in [-0.39, 0.29) is 5.91 Å². The van der Waals surface area contributed by atoms with Crippen LogP contribution in [0.3, 0.4) is 0 Å². The topological polar surface area (TPSA) is 90.1 Å². The number of carbonyl (C=O) groups is 1. The number of hydrogen-bond acceptors (Lipinski definition) is 6. The number of rotatable bonds is 8. The Balaban J connectivity index is 1.41. The van der Waals surface area contributed by atoms with E-state index in [0.717, 1.165) is 31.2 Å². The second-order valence-corrected chi connectivity index (χ2v) is 8.68. The molecule has 5 rings (SSSR count). The number of nitrogens with one attached hydrogen (secondary N) is 1. The molecule has 0 bridgehead atoms. The number of aromatic nitrogens is 3. The third-order valence-electron chi connectivity index (χ3n) is 6.06. The van der Waals surface area contributed by atoms with Gasteiger partial charge in [-0.05, 0) is 68.8 Å². The first-order valence-electron chi connectivity index (χ1n) is 10.3. The van der Waals surface area contributed by atoms with Crippen molar-refractivity contribution in [1.29, 1.82) is 0 Å². The van der Waals surface area contributed by atoms with Crippen LogP contribution in [0.1, 0.15) is 79.1 Å². The maximum Gasteiger partial charge on any atom is 0.271 e. The van der Waals surface area contributed by atoms with E-state index in [1.807, 2.05) is 19.1 Å². The maximum atomic E-state index is 13.3. The number of pyridine rings is 1. The van der Waals surface area contributed by atoms with Crippen LogP contribution in [0.2, 0.25) is 0 Å². The van der Waals surface area contributed by atoms with Gasteiger partial charge in [-0.1, -0.05) is 11.2 Å². The highest BCUT2D eigenvalue weighted by Gasteiger charge is 2.48. The summed E-state index contributed by atoms with van der Waals surface area (Å²) < 4.78 is 11.0. The lowest BCUT2D eigenvalue weighted by Crippen LogP contribution is -2.46. The summed E-state index contributed by atoms with van der Waals surface area (Å²) in [5, 5.41) is 7.28. The van der Waals surface area contributed by atoms with Crippen LogP contribution in [0.25, 0.3) is 0 Å². The average molecular weight is 382 g/mol. The molecule has 7 heteroatoms. The fraction of sp³-hybridized carbons (Fsp3) is 0.619. The number of carbonyl (C=O) groups excluding carboxylic acids is 1. The Morgan fingerprint density at radius 3 is 2.61 bits per heavy atom. The van der Waals surface area contributed by atoms with Crippen molar-refractivity contribution < 1.29 is 14.1 Å². The molecule has 0 spiro atoms. The zero-order valence-electron chi connectivity index (χ0n) is 16.4. The number of ether oxygens (including phenoxy) is 1. The fourth-order valence-corrected chi connectivity index (χ4v) is 3.73. The summed E-state index contributed by atoms with van der Waals surface area (Å²) in [7, 11) is 0. The standard InChI is InChI=1S/C21H26N4O3/c1-12-22-20(25-28-12)21(2,15-7-8-15)24-19(26)18-16(14-5-6-14)9-10-17(23-18)27-11-13-3-4-13/h9-10,13-15H,3-8,11H2,1-2H3,(H,24,26). The van der Waals surface area contributed by atoms with E-state index in [1.54, 1.807) is 6.92 Å². The van der Waals surface area contributed by atoms with Crippen LogP contribution in [-0.2, 0) is 5.54 Å². The van der Waals surface area contributed by atoms with Crippen LogP contribution in [0.4, 0.5) is 0 Å². The first-order valence-corrected chi connectivity index (χ1v) is 10.3. The Hall–Kier alpha value is -2.44. The van der Waals surface area contributed by atoms with Crippen LogP contribution >= 0.6 is 0 Å². The molecule has 3 aliphatic rings. The minimum absolute atomic E-state index is 0.185. The molecule has 7 nitrogen and oxygen atoms in total. The van der Waals surface area contributed by atoms with Gasteiger partial charge in [-0.25, -0.2) is 4.98 Å². The SMILES string of the molecule is Cc1nc(C(C)(NC(=O)c2nc(OCC3CC3)ccc2C2CC2)C2CC2)no1. The van der Waals surface area contributed by atoms with Gasteiger partial charge in [-0.15, -0.1) is 0 Å². The highest BCUT2D eigenvalue weighted by Crippen LogP contribution is 2.45. The molecule has 148 valence electrons. The summed E-state index contributed by atoms with van der Waals surface area (Å²) in [4.78, 5) is 22.3. The molecule has 2 aromatic heterocycles. The van der Waals surface area contributed by atoms with Crippen molar-refractivity contribution >= 4 is 5.91 Å². The van der Waals surface area contributed by atoms with Crippen molar-refractivity contribution in [2.75, 3.05) is 6.61 Å². The number of hydrogen-bond donors (Lipinski definition) is 1. The van der Waals surface area contributed by atoms with E-state index >= 15 is 0 Å². The van der Waals surface area contributed by atoms with Crippen LogP contribution < -0.4 is 10.1 Å². The molecule has 1 unspecified atom stereocenters. The number of nitrogens with zero attached hydrogens (tertiary/aromatic N) is 3. The Labute approximate surface area is 164 Å². The molecule has 0 aromatic carbocycles. The van der Waals surface area contributed by atoms with Gasteiger partial charge in [0, 0.05) is 13.0 Å². The zero-order chi connectivity index (χ0) is 19.3. The Morgan fingerprint density at radius 1 is 1.21 bits per heavy atom. The van der Waals surface area contributed by atoms with Crippen molar-refractivity contribution in [2.24, 2.45) is 11.8 Å². The van der Waals surface area contributed by atoms with E-state index in [9.17, 15) is 4.79 Å². The van der Waals surface area contributed by atoms with Crippen molar-refractivity contribution in [3.8, 4) is 5.88 Å². The van der Waals surface area contributed by atoms with Gasteiger partial charge >= 0.3 is 0 Å². The molecular formula is C21H26N4O3. The van der Waals surface area contributed by atoms with Gasteiger partial charge in [0.1, 0.15) is 11.2 Å². The molecule has 3 aliphatic carbocycles. The first-order chi connectivity index (χ1) is 13.5. The molecule has 28 heavy (non-hydrogen) atoms. The molecule has 3 fully saturated rings. The van der Waals surface area contributed by atoms with E-state index < -0.39 is 5.54 Å². The molecule has 2 heterocycles. The van der Waals surface area contributed by atoms with Crippen molar-refractivity contribution in [1.82, 2.24) is 20.4 Å². The van der Waals surface area contributed by atoms with E-state index in [2.05, 4.69) is 20.4 Å². The van der Waals surface area contributed by atoms with Crippen LogP contribution in [0.15, 0.2) is 16.7 Å². The summed E-state index contributed by atoms with van der Waals surface area (Å²) >= 11 is 0. The lowest BCUT2D eigenvalue weighted by Gasteiger charge is -2.27. The van der Waals surface area contributed by atoms with E-state index in [1.165, 1.54) is 12.8 Å². The van der Waals surface area contributed by atoms with Gasteiger partial charge in [0.25, 0.3) is 5.91 Å². The summed E-state index contributed by atoms with van der Waals surface area (Å²) in [5.41, 5.74) is 0.837. The summed E-state index contributed by atoms with van der Waals surface area (Å²) in [6, 6.07) is 3.91. The molecule has 3 saturated carbocycles. The van der Waals surface area contributed by atoms with Crippen LogP contribution in [0, 0.1) is 18.8 Å². The summed E-state index contributed by atoms with van der Waals surface area (Å²) in [6.07, 6.45) is 6.73. The monoisotopic (exact) mass is 382 g/mol. The fourth-order valence-electron chi connectivity index (χ4n) is 3.73. The van der Waals surface area contributed by atoms with Gasteiger partial charge in [0.2, 0.25) is 11.8 Å². The van der Waals surface area contributed by atoms with Gasteiger partial charge in [0.15, 0.2) is 5.82 Å². The third-order valence-corrected chi connectivity index (χ3v) is 6.06. The molecule has 1 N–H and O–H groups in total. The Bertz CT molecular complexity index is 899. The van der Waals surface area contributed by atoms with Crippen molar-refractivity contribution in [2.45, 2.75) is 63.8 Å². The normalized spacial score (nSPS) is 21.2. The predicted octanol–water partition coefficient (Wildman–Crippen LogP) is 3.49.